The summed E-state index contributed by atoms with van der Waals surface area (Å²) in [4.78, 5) is 11.4. The number of hydrogen-bond donors (Lipinski definition) is 1. The quantitative estimate of drug-likeness (QED) is 0.135. The number of rotatable bonds is 10. The van der Waals surface area contributed by atoms with Crippen molar-refractivity contribution in [3.05, 3.63) is 119 Å². The highest BCUT2D eigenvalue weighted by Gasteiger charge is 2.41. The smallest absolute Gasteiger partial charge is 0.192 e. The van der Waals surface area contributed by atoms with Gasteiger partial charge in [0.15, 0.2) is 8.32 Å². The second-order valence-electron chi connectivity index (χ2n) is 17.7. The molecule has 0 bridgehead atoms. The van der Waals surface area contributed by atoms with Crippen molar-refractivity contribution in [1.29, 1.82) is 10.5 Å². The Hall–Kier alpha value is -5.14. The fourth-order valence-electron chi connectivity index (χ4n) is 7.62. The number of fused-ring (bicyclic) bond motifs is 2. The molecule has 0 fully saturated rings. The molecule has 4 aromatic carbocycles. The molecule has 6 aromatic rings. The maximum absolute atomic E-state index is 10.1. The lowest BCUT2D eigenvalue weighted by Gasteiger charge is -2.38. The summed E-state index contributed by atoms with van der Waals surface area (Å²) in [5, 5.41) is 31.3. The van der Waals surface area contributed by atoms with Crippen LogP contribution in [0.5, 0.6) is 11.5 Å². The first-order valence-electron chi connectivity index (χ1n) is 21.0. The molecule has 0 spiro atoms. The molecule has 2 heterocycles. The third-order valence-electron chi connectivity index (χ3n) is 11.7. The summed E-state index contributed by atoms with van der Waals surface area (Å²) in [6.45, 7) is 19.4. The Labute approximate surface area is 369 Å². The van der Waals surface area contributed by atoms with E-state index in [0.29, 0.717) is 22.6 Å². The second kappa shape index (κ2) is 18.1. The normalized spacial score (nSPS) is 15.8. The number of aliphatic hydroxyl groups is 1. The number of thiazole rings is 2. The SMILES string of the molecule is CC(C)Oc1ccc(-c2cnc(-c3cccc4c3CCC4O)s2)cc1C#N.CC(C)Oc1ccc(-c2cnc(-c3cccc4c3CCC4O[Si](C)(C)C(C)(C)C)s2)cc1C#N. The first-order chi connectivity index (χ1) is 29.1. The molecule has 61 heavy (non-hydrogen) atoms. The van der Waals surface area contributed by atoms with Crippen LogP contribution in [0.3, 0.4) is 0 Å². The fraction of sp³-hybridized carbons (Fsp3) is 0.360. The zero-order valence-corrected chi connectivity index (χ0v) is 39.1. The minimum absolute atomic E-state index is 0.0217. The monoisotopic (exact) mass is 866 g/mol. The van der Waals surface area contributed by atoms with Crippen molar-refractivity contribution < 1.29 is 19.0 Å². The van der Waals surface area contributed by atoms with E-state index in [9.17, 15) is 15.6 Å². The van der Waals surface area contributed by atoms with Crippen LogP contribution in [0.1, 0.15) is 107 Å². The summed E-state index contributed by atoms with van der Waals surface area (Å²) in [7, 11) is -1.85. The topological polar surface area (TPSA) is 121 Å². The van der Waals surface area contributed by atoms with E-state index in [2.05, 4.69) is 75.3 Å². The number of aromatic nitrogens is 2. The Morgan fingerprint density at radius 3 is 1.66 bits per heavy atom. The van der Waals surface area contributed by atoms with Gasteiger partial charge in [0.2, 0.25) is 0 Å². The Kier molecular flexibility index (Phi) is 13.0. The van der Waals surface area contributed by atoms with Crippen LogP contribution >= 0.6 is 22.7 Å². The zero-order valence-electron chi connectivity index (χ0n) is 36.5. The minimum atomic E-state index is -1.85. The first kappa shape index (κ1) is 43.9. The number of ether oxygens (including phenoxy) is 2. The van der Waals surface area contributed by atoms with Crippen LogP contribution in [0, 0.1) is 22.7 Å². The van der Waals surface area contributed by atoms with Crippen LogP contribution in [0.4, 0.5) is 0 Å². The van der Waals surface area contributed by atoms with Crippen LogP contribution < -0.4 is 9.47 Å². The number of nitrogens with zero attached hydrogens (tertiary/aromatic N) is 4. The molecule has 0 aliphatic heterocycles. The Balaban J connectivity index is 0.000000189. The highest BCUT2D eigenvalue weighted by atomic mass is 32.1. The first-order valence-corrected chi connectivity index (χ1v) is 25.5. The van der Waals surface area contributed by atoms with Crippen molar-refractivity contribution in [3.8, 4) is 65.7 Å². The van der Waals surface area contributed by atoms with Crippen molar-refractivity contribution in [3.63, 3.8) is 0 Å². The van der Waals surface area contributed by atoms with Crippen LogP contribution in [0.25, 0.3) is 42.0 Å². The van der Waals surface area contributed by atoms with E-state index in [1.54, 1.807) is 22.7 Å². The van der Waals surface area contributed by atoms with Gasteiger partial charge in [0.25, 0.3) is 0 Å². The van der Waals surface area contributed by atoms with Crippen molar-refractivity contribution in [2.75, 3.05) is 0 Å². The number of aliphatic hydroxyl groups excluding tert-OH is 1. The maximum Gasteiger partial charge on any atom is 0.192 e. The predicted octanol–water partition coefficient (Wildman–Crippen LogP) is 13.3. The molecule has 0 amide bonds. The summed E-state index contributed by atoms with van der Waals surface area (Å²) in [5.74, 6) is 1.23. The van der Waals surface area contributed by atoms with Gasteiger partial charge in [0, 0.05) is 23.5 Å². The van der Waals surface area contributed by atoms with Crippen molar-refractivity contribution in [1.82, 2.24) is 9.97 Å². The van der Waals surface area contributed by atoms with E-state index in [4.69, 9.17) is 18.9 Å². The molecule has 2 aromatic heterocycles. The van der Waals surface area contributed by atoms with Gasteiger partial charge in [-0.1, -0.05) is 57.2 Å². The lowest BCUT2D eigenvalue weighted by molar-refractivity contribution is 0.180. The highest BCUT2D eigenvalue weighted by molar-refractivity contribution is 7.18. The third-order valence-corrected chi connectivity index (χ3v) is 18.3. The van der Waals surface area contributed by atoms with Gasteiger partial charge in [-0.25, -0.2) is 9.97 Å². The largest absolute Gasteiger partial charge is 0.490 e. The molecule has 2 unspecified atom stereocenters. The second-order valence-corrected chi connectivity index (χ2v) is 24.6. The van der Waals surface area contributed by atoms with Gasteiger partial charge in [0.1, 0.15) is 33.7 Å². The molecule has 8 rings (SSSR count). The highest BCUT2D eigenvalue weighted by Crippen LogP contribution is 2.47. The van der Waals surface area contributed by atoms with Crippen LogP contribution in [0.15, 0.2) is 85.2 Å². The van der Waals surface area contributed by atoms with E-state index in [-0.39, 0.29) is 29.5 Å². The van der Waals surface area contributed by atoms with E-state index in [1.165, 1.54) is 22.3 Å². The fourth-order valence-corrected chi connectivity index (χ4v) is 10.9. The molecule has 2 aliphatic rings. The van der Waals surface area contributed by atoms with Crippen molar-refractivity contribution in [2.45, 2.75) is 117 Å². The third kappa shape index (κ3) is 9.52. The van der Waals surface area contributed by atoms with E-state index in [1.807, 2.05) is 88.6 Å². The zero-order chi connectivity index (χ0) is 43.6. The maximum atomic E-state index is 10.1. The average Bonchev–Trinajstić information content (AvgIpc) is 4.05. The van der Waals surface area contributed by atoms with Gasteiger partial charge in [-0.2, -0.15) is 10.5 Å². The standard InChI is InChI=1S/C28H34N2O2SSi.C22H20N2O2S/c1-18(2)31-24-13-11-19(15-20(24)16-29)26-17-30-27(33-26)23-10-8-9-22-21(23)12-14-25(22)32-34(6,7)28(3,4)5;1-13(2)26-20-9-6-14(10-15(20)11-23)21-12-24-22(27-21)18-5-3-4-17-16(18)7-8-19(17)25/h8-11,13,15,17-18,25H,12,14H2,1-7H3;3-6,9-10,12-13,19,25H,7-8H2,1-2H3. The Morgan fingerprint density at radius 2 is 1.18 bits per heavy atom. The van der Waals surface area contributed by atoms with Gasteiger partial charge in [0.05, 0.1) is 45.3 Å². The van der Waals surface area contributed by atoms with Crippen molar-refractivity contribution >= 4 is 31.0 Å². The molecule has 1 N–H and O–H groups in total. The van der Waals surface area contributed by atoms with Gasteiger partial charge < -0.3 is 19.0 Å². The van der Waals surface area contributed by atoms with Gasteiger partial charge in [-0.05, 0) is 141 Å². The average molecular weight is 867 g/mol. The molecule has 0 saturated heterocycles. The van der Waals surface area contributed by atoms with E-state index < -0.39 is 8.32 Å². The Morgan fingerprint density at radius 1 is 0.705 bits per heavy atom. The van der Waals surface area contributed by atoms with Gasteiger partial charge >= 0.3 is 0 Å². The summed E-state index contributed by atoms with van der Waals surface area (Å²) in [5.41, 5.74) is 10.2. The van der Waals surface area contributed by atoms with E-state index in [0.717, 1.165) is 67.7 Å². The molecule has 0 saturated carbocycles. The number of nitriles is 2. The minimum Gasteiger partial charge on any atom is -0.490 e. The van der Waals surface area contributed by atoms with E-state index >= 15 is 0 Å². The molecular weight excluding hydrogens is 813 g/mol. The Bertz CT molecular complexity index is 2630. The molecular formula is C50H54N4O4S2Si. The molecule has 8 nitrogen and oxygen atoms in total. The number of benzene rings is 4. The molecule has 0 radical (unpaired) electrons. The summed E-state index contributed by atoms with van der Waals surface area (Å²) in [6, 6.07) is 28.5. The number of hydrogen-bond acceptors (Lipinski definition) is 10. The summed E-state index contributed by atoms with van der Waals surface area (Å²) < 4.78 is 18.3. The lowest BCUT2D eigenvalue weighted by Crippen LogP contribution is -2.41. The summed E-state index contributed by atoms with van der Waals surface area (Å²) >= 11 is 3.27. The molecule has 2 atom stereocenters. The van der Waals surface area contributed by atoms with Crippen molar-refractivity contribution in [2.24, 2.45) is 0 Å². The summed E-state index contributed by atoms with van der Waals surface area (Å²) in [6.07, 6.45) is 7.30. The van der Waals surface area contributed by atoms with Gasteiger partial charge in [-0.15, -0.1) is 22.7 Å². The molecule has 11 heteroatoms. The van der Waals surface area contributed by atoms with Gasteiger partial charge in [-0.3, -0.25) is 0 Å². The molecule has 2 aliphatic carbocycles. The predicted molar refractivity (Wildman–Crippen MR) is 250 cm³/mol. The lowest BCUT2D eigenvalue weighted by atomic mass is 10.0. The van der Waals surface area contributed by atoms with Crippen LogP contribution in [0.2, 0.25) is 18.1 Å². The van der Waals surface area contributed by atoms with Crippen LogP contribution in [-0.2, 0) is 17.3 Å². The van der Waals surface area contributed by atoms with Crippen LogP contribution in [-0.4, -0.2) is 35.6 Å². The molecule has 314 valence electrons.